The second-order valence-corrected chi connectivity index (χ2v) is 14.2. The van der Waals surface area contributed by atoms with Gasteiger partial charge in [0.1, 0.15) is 0 Å². The van der Waals surface area contributed by atoms with Gasteiger partial charge >= 0.3 is 0 Å². The van der Waals surface area contributed by atoms with Gasteiger partial charge in [0.2, 0.25) is 0 Å². The predicted molar refractivity (Wildman–Crippen MR) is 112 cm³/mol. The number of hydrogen-bond donors (Lipinski definition) is 0. The normalized spacial score (nSPS) is 11.8. The molecule has 0 bridgehead atoms. The maximum Gasteiger partial charge on any atom is 0.170 e. The average Bonchev–Trinajstić information content (AvgIpc) is 2.28. The first kappa shape index (κ1) is 27.5. The van der Waals surface area contributed by atoms with E-state index in [1.54, 1.807) is 0 Å². The van der Waals surface area contributed by atoms with Gasteiger partial charge in [0.05, 0.1) is 56.4 Å². The van der Waals surface area contributed by atoms with Crippen LogP contribution in [-0.2, 0) is 10.4 Å². The van der Waals surface area contributed by atoms with Crippen molar-refractivity contribution < 1.29 is 23.4 Å². The molecule has 0 fully saturated rings. The molecule has 0 aliphatic rings. The summed E-state index contributed by atoms with van der Waals surface area (Å²) in [4.78, 5) is 0. The highest BCUT2D eigenvalue weighted by molar-refractivity contribution is 6.74. The van der Waals surface area contributed by atoms with E-state index >= 15 is 0 Å². The van der Waals surface area contributed by atoms with Crippen LogP contribution in [0.5, 0.6) is 0 Å². The maximum absolute atomic E-state index is 10.5. The fourth-order valence-electron chi connectivity index (χ4n) is 1.76. The van der Waals surface area contributed by atoms with Gasteiger partial charge in [-0.05, 0) is 49.7 Å². The van der Waals surface area contributed by atoms with Crippen molar-refractivity contribution in [2.75, 3.05) is 56.4 Å². The van der Waals surface area contributed by atoms with Crippen LogP contribution in [0.15, 0.2) is 18.2 Å². The Bertz CT molecular complexity index is 500. The quantitative estimate of drug-likeness (QED) is 0.574. The van der Waals surface area contributed by atoms with E-state index < -0.39 is 15.6 Å². The second-order valence-electron chi connectivity index (χ2n) is 10.1. The summed E-state index contributed by atoms with van der Waals surface area (Å²) in [5, 5.41) is 21.1. The molecule has 0 aliphatic heterocycles. The van der Waals surface area contributed by atoms with Crippen molar-refractivity contribution in [1.82, 2.24) is 0 Å². The van der Waals surface area contributed by atoms with Crippen LogP contribution < -0.4 is 10.0 Å². The van der Waals surface area contributed by atoms with E-state index in [-0.39, 0.29) is 0 Å². The highest BCUT2D eigenvalue weighted by Gasteiger charge is 2.22. The average molecular weight is 384 g/mol. The smallest absolute Gasteiger partial charge is 0.170 e. The molecule has 0 N–H and O–H groups in total. The molecule has 5 nitrogen and oxygen atoms in total. The van der Waals surface area contributed by atoms with Crippen LogP contribution in [0.2, 0.25) is 13.1 Å². The van der Waals surface area contributed by atoms with Crippen LogP contribution in [0, 0.1) is 13.8 Å². The summed E-state index contributed by atoms with van der Waals surface area (Å²) in [5.74, 6) is 0. The first-order valence-electron chi connectivity index (χ1n) is 8.94. The van der Waals surface area contributed by atoms with Gasteiger partial charge in [-0.3, -0.25) is 0 Å². The summed E-state index contributed by atoms with van der Waals surface area (Å²) >= 11 is 0. The molecular weight excluding hydrogens is 343 g/mol. The molecular formula is C19H41BN2O3Si. The fourth-order valence-corrected chi connectivity index (χ4v) is 3.67. The molecule has 0 aliphatic carbocycles. The molecule has 1 aromatic carbocycles. The molecule has 0 spiro atoms. The van der Waals surface area contributed by atoms with E-state index in [4.69, 9.17) is 4.34 Å². The molecule has 0 radical (unpaired) electrons. The maximum atomic E-state index is 10.5. The van der Waals surface area contributed by atoms with Gasteiger partial charge < -0.3 is 23.4 Å². The zero-order valence-electron chi connectivity index (χ0n) is 19.1. The molecule has 1 rings (SSSR count). The van der Waals surface area contributed by atoms with Gasteiger partial charge in [-0.25, -0.2) is 0 Å². The van der Waals surface area contributed by atoms with E-state index in [1.165, 1.54) is 16.7 Å². The third kappa shape index (κ3) is 21.3. The van der Waals surface area contributed by atoms with Crippen LogP contribution in [0.1, 0.15) is 16.7 Å². The minimum absolute atomic E-state index is 0.710. The number of hydrogen-bond acceptors (Lipinski definition) is 3. The Kier molecular flexibility index (Phi) is 11.9. The summed E-state index contributed by atoms with van der Waals surface area (Å²) in [6.45, 7) is 7.91. The lowest BCUT2D eigenvalue weighted by atomic mass is 10.1. The van der Waals surface area contributed by atoms with Crippen LogP contribution >= 0.6 is 0 Å². The largest absolute Gasteiger partial charge is 0.872 e. The minimum atomic E-state index is -2.19. The van der Waals surface area contributed by atoms with E-state index in [0.717, 1.165) is 8.97 Å². The van der Waals surface area contributed by atoms with Crippen molar-refractivity contribution in [2.24, 2.45) is 0 Å². The highest BCUT2D eigenvalue weighted by Crippen LogP contribution is 2.18. The van der Waals surface area contributed by atoms with Crippen molar-refractivity contribution >= 4 is 15.6 Å². The first-order valence-corrected chi connectivity index (χ1v) is 12.1. The van der Waals surface area contributed by atoms with Crippen molar-refractivity contribution in [3.05, 3.63) is 34.9 Å². The molecule has 0 amide bonds. The van der Waals surface area contributed by atoms with Crippen LogP contribution in [0.25, 0.3) is 0 Å². The topological polar surface area (TPSA) is 55.3 Å². The van der Waals surface area contributed by atoms with Gasteiger partial charge in [-0.1, -0.05) is 18.2 Å². The molecule has 152 valence electrons. The summed E-state index contributed by atoms with van der Waals surface area (Å²) in [6, 6.07) is 6.79. The monoisotopic (exact) mass is 384 g/mol. The SMILES string of the molecule is C[N+](C)(C)C.C[N+](C)(C)C.Cc1cccc(C[Si](C)(C)OB([O-])[O-])c1C. The Morgan fingerprint density at radius 1 is 0.885 bits per heavy atom. The summed E-state index contributed by atoms with van der Waals surface area (Å²) in [5.41, 5.74) is 3.63. The summed E-state index contributed by atoms with van der Waals surface area (Å²) in [6.07, 6.45) is 0. The Morgan fingerprint density at radius 3 is 1.62 bits per heavy atom. The predicted octanol–water partition coefficient (Wildman–Crippen LogP) is 0.957. The molecule has 0 saturated heterocycles. The molecule has 26 heavy (non-hydrogen) atoms. The number of quaternary nitrogens is 2. The van der Waals surface area contributed by atoms with Crippen LogP contribution in [0.4, 0.5) is 0 Å². The first-order chi connectivity index (χ1) is 11.3. The zero-order chi connectivity index (χ0) is 21.3. The molecule has 0 saturated carbocycles. The van der Waals surface area contributed by atoms with E-state index in [1.807, 2.05) is 25.2 Å². The summed E-state index contributed by atoms with van der Waals surface area (Å²) < 4.78 is 6.96. The van der Waals surface area contributed by atoms with E-state index in [9.17, 15) is 10.0 Å². The second kappa shape index (κ2) is 11.2. The van der Waals surface area contributed by atoms with E-state index in [0.29, 0.717) is 6.04 Å². The van der Waals surface area contributed by atoms with Crippen LogP contribution in [0.3, 0.4) is 0 Å². The Morgan fingerprint density at radius 2 is 1.27 bits per heavy atom. The van der Waals surface area contributed by atoms with Crippen molar-refractivity contribution in [1.29, 1.82) is 0 Å². The Hall–Kier alpha value is -0.698. The lowest BCUT2D eigenvalue weighted by Crippen LogP contribution is -2.55. The van der Waals surface area contributed by atoms with Gasteiger partial charge in [0, 0.05) is 7.32 Å². The Labute approximate surface area is 163 Å². The lowest BCUT2D eigenvalue weighted by molar-refractivity contribution is -0.849. The number of benzene rings is 1. The van der Waals surface area contributed by atoms with Crippen molar-refractivity contribution in [2.45, 2.75) is 33.0 Å². The molecule has 0 heterocycles. The Balaban J connectivity index is 0. The van der Waals surface area contributed by atoms with Gasteiger partial charge in [-0.2, -0.15) is 0 Å². The van der Waals surface area contributed by atoms with Gasteiger partial charge in [0.25, 0.3) is 0 Å². The van der Waals surface area contributed by atoms with Crippen molar-refractivity contribution in [3.63, 3.8) is 0 Å². The molecule has 1 aromatic rings. The zero-order valence-corrected chi connectivity index (χ0v) is 20.1. The third-order valence-electron chi connectivity index (χ3n) is 2.75. The van der Waals surface area contributed by atoms with Gasteiger partial charge in [-0.15, -0.1) is 0 Å². The number of aryl methyl sites for hydroxylation is 1. The standard InChI is InChI=1S/C11H17BO3Si.2C4H12N/c1-9-6-5-7-11(10(9)2)8-16(3,4)15-12(13)14;2*1-5(2,3)4/h5-7H,8H2,1-4H3;2*1-4H3/q-2;2*+1. The minimum Gasteiger partial charge on any atom is -0.872 e. The highest BCUT2D eigenvalue weighted by atomic mass is 28.4. The third-order valence-corrected chi connectivity index (χ3v) is 4.81. The number of rotatable bonds is 4. The lowest BCUT2D eigenvalue weighted by Gasteiger charge is -2.37. The van der Waals surface area contributed by atoms with E-state index in [2.05, 4.69) is 76.3 Å². The summed E-state index contributed by atoms with van der Waals surface area (Å²) in [7, 11) is 12.7. The van der Waals surface area contributed by atoms with Crippen LogP contribution in [-0.4, -0.2) is 81.0 Å². The molecule has 0 aromatic heterocycles. The fraction of sp³-hybridized carbons (Fsp3) is 0.684. The molecule has 0 atom stereocenters. The molecule has 0 unspecified atom stereocenters. The van der Waals surface area contributed by atoms with Gasteiger partial charge in [0.15, 0.2) is 8.32 Å². The molecule has 7 heteroatoms. The number of nitrogens with zero attached hydrogens (tertiary/aromatic N) is 2. The van der Waals surface area contributed by atoms with Crippen molar-refractivity contribution in [3.8, 4) is 0 Å².